The normalized spacial score (nSPS) is 18.6. The van der Waals surface area contributed by atoms with Crippen LogP contribution in [0.25, 0.3) is 11.0 Å². The Morgan fingerprint density at radius 1 is 1.16 bits per heavy atom. The van der Waals surface area contributed by atoms with E-state index in [0.717, 1.165) is 33.6 Å². The number of anilines is 1. The van der Waals surface area contributed by atoms with Crippen molar-refractivity contribution < 1.29 is 9.31 Å². The first kappa shape index (κ1) is 17.9. The highest BCUT2D eigenvalue weighted by atomic mass is 16.7. The van der Waals surface area contributed by atoms with Gasteiger partial charge in [-0.15, -0.1) is 0 Å². The topological polar surface area (TPSA) is 56.3 Å². The van der Waals surface area contributed by atoms with Gasteiger partial charge in [-0.25, -0.2) is 9.97 Å². The molecule has 1 fully saturated rings. The van der Waals surface area contributed by atoms with Crippen molar-refractivity contribution in [3.05, 3.63) is 36.0 Å². The molecule has 6 heteroatoms. The quantitative estimate of drug-likeness (QED) is 0.685. The highest BCUT2D eigenvalue weighted by Crippen LogP contribution is 2.36. The Balaban J connectivity index is 2.04. The minimum Gasteiger partial charge on any atom is -0.399 e. The molecule has 0 spiro atoms. The number of nitrogens with one attached hydrogen (secondary N) is 1. The Morgan fingerprint density at radius 3 is 2.40 bits per heavy atom. The molecule has 2 heterocycles. The number of aryl methyl sites for hydroxylation is 1. The SMILES string of the molecule is C=C(C)CNc1nc2c(B3OC(C)(C)C(C)(C)O3)cccc2nc1C. The molecule has 3 rings (SSSR count). The van der Waals surface area contributed by atoms with Gasteiger partial charge in [-0.1, -0.05) is 24.3 Å². The molecular weight excluding hydrogens is 313 g/mol. The summed E-state index contributed by atoms with van der Waals surface area (Å²) in [5.74, 6) is 0.763. The van der Waals surface area contributed by atoms with Gasteiger partial charge in [-0.3, -0.25) is 0 Å². The Labute approximate surface area is 150 Å². The molecule has 1 N–H and O–H groups in total. The van der Waals surface area contributed by atoms with Crippen LogP contribution in [0, 0.1) is 6.92 Å². The predicted molar refractivity (Wildman–Crippen MR) is 103 cm³/mol. The lowest BCUT2D eigenvalue weighted by Crippen LogP contribution is -2.41. The molecule has 1 aliphatic heterocycles. The Hall–Kier alpha value is -1.92. The summed E-state index contributed by atoms with van der Waals surface area (Å²) in [6, 6.07) is 5.93. The summed E-state index contributed by atoms with van der Waals surface area (Å²) >= 11 is 0. The molecule has 0 amide bonds. The first-order valence-electron chi connectivity index (χ1n) is 8.62. The third-order valence-electron chi connectivity index (χ3n) is 4.97. The van der Waals surface area contributed by atoms with Crippen molar-refractivity contribution in [2.75, 3.05) is 11.9 Å². The predicted octanol–water partition coefficient (Wildman–Crippen LogP) is 3.23. The van der Waals surface area contributed by atoms with E-state index in [1.807, 2.05) is 59.7 Å². The second-order valence-electron chi connectivity index (χ2n) is 7.77. The summed E-state index contributed by atoms with van der Waals surface area (Å²) < 4.78 is 12.4. The maximum atomic E-state index is 6.20. The molecular formula is C19H26BN3O2. The van der Waals surface area contributed by atoms with E-state index in [-0.39, 0.29) is 11.2 Å². The van der Waals surface area contributed by atoms with Crippen molar-refractivity contribution in [1.29, 1.82) is 0 Å². The van der Waals surface area contributed by atoms with Crippen molar-refractivity contribution in [1.82, 2.24) is 9.97 Å². The summed E-state index contributed by atoms with van der Waals surface area (Å²) in [4.78, 5) is 9.50. The molecule has 1 aromatic heterocycles. The number of para-hydroxylation sites is 1. The lowest BCUT2D eigenvalue weighted by molar-refractivity contribution is 0.00578. The largest absolute Gasteiger partial charge is 0.497 e. The Bertz CT molecular complexity index is 817. The van der Waals surface area contributed by atoms with Gasteiger partial charge >= 0.3 is 7.12 Å². The van der Waals surface area contributed by atoms with Crippen LogP contribution in [0.4, 0.5) is 5.82 Å². The second-order valence-corrected chi connectivity index (χ2v) is 7.77. The molecule has 1 aliphatic rings. The highest BCUT2D eigenvalue weighted by molar-refractivity contribution is 6.64. The highest BCUT2D eigenvalue weighted by Gasteiger charge is 2.52. The van der Waals surface area contributed by atoms with E-state index in [4.69, 9.17) is 19.3 Å². The monoisotopic (exact) mass is 339 g/mol. The van der Waals surface area contributed by atoms with E-state index in [0.29, 0.717) is 6.54 Å². The lowest BCUT2D eigenvalue weighted by Gasteiger charge is -2.32. The summed E-state index contributed by atoms with van der Waals surface area (Å²) in [7, 11) is -0.459. The van der Waals surface area contributed by atoms with Crippen LogP contribution >= 0.6 is 0 Å². The van der Waals surface area contributed by atoms with E-state index >= 15 is 0 Å². The van der Waals surface area contributed by atoms with Crippen LogP contribution in [0.5, 0.6) is 0 Å². The van der Waals surface area contributed by atoms with Crippen LogP contribution in [0.2, 0.25) is 0 Å². The molecule has 0 atom stereocenters. The van der Waals surface area contributed by atoms with Crippen LogP contribution in [0.3, 0.4) is 0 Å². The first-order chi connectivity index (χ1) is 11.6. The van der Waals surface area contributed by atoms with E-state index in [9.17, 15) is 0 Å². The lowest BCUT2D eigenvalue weighted by atomic mass is 9.78. The Morgan fingerprint density at radius 2 is 1.80 bits per heavy atom. The molecule has 1 aromatic carbocycles. The third kappa shape index (κ3) is 3.28. The van der Waals surface area contributed by atoms with Crippen molar-refractivity contribution >= 4 is 29.4 Å². The number of benzene rings is 1. The standard InChI is InChI=1S/C19H26BN3O2/c1-12(2)11-21-17-13(3)22-15-10-8-9-14(16(15)23-17)20-24-18(4,5)19(6,7)25-20/h8-10H,1,11H2,2-7H3,(H,21,23). The molecule has 0 bridgehead atoms. The van der Waals surface area contributed by atoms with Crippen molar-refractivity contribution in [3.8, 4) is 0 Å². The Kier molecular flexibility index (Phi) is 4.37. The first-order valence-corrected chi connectivity index (χ1v) is 8.62. The molecule has 0 aliphatic carbocycles. The number of rotatable bonds is 4. The summed E-state index contributed by atoms with van der Waals surface area (Å²) in [5.41, 5.74) is 3.67. The maximum Gasteiger partial charge on any atom is 0.497 e. The van der Waals surface area contributed by atoms with Gasteiger partial charge in [-0.2, -0.15) is 0 Å². The smallest absolute Gasteiger partial charge is 0.399 e. The zero-order chi connectivity index (χ0) is 18.4. The summed E-state index contributed by atoms with van der Waals surface area (Å²) in [6.45, 7) is 16.7. The zero-order valence-corrected chi connectivity index (χ0v) is 15.9. The van der Waals surface area contributed by atoms with Gasteiger partial charge in [0.2, 0.25) is 0 Å². The molecule has 0 radical (unpaired) electrons. The average molecular weight is 339 g/mol. The van der Waals surface area contributed by atoms with E-state index < -0.39 is 7.12 Å². The third-order valence-corrected chi connectivity index (χ3v) is 4.97. The minimum atomic E-state index is -0.459. The van der Waals surface area contributed by atoms with Gasteiger partial charge < -0.3 is 14.6 Å². The molecule has 0 saturated carbocycles. The van der Waals surface area contributed by atoms with Crippen LogP contribution in [-0.2, 0) is 9.31 Å². The van der Waals surface area contributed by atoms with Gasteiger partial charge in [0.1, 0.15) is 5.82 Å². The fourth-order valence-corrected chi connectivity index (χ4v) is 2.75. The molecule has 5 nitrogen and oxygen atoms in total. The van der Waals surface area contributed by atoms with Crippen LogP contribution in [0.15, 0.2) is 30.4 Å². The fraction of sp³-hybridized carbons (Fsp3) is 0.474. The number of fused-ring (bicyclic) bond motifs is 1. The summed E-state index contributed by atoms with van der Waals surface area (Å²) in [6.07, 6.45) is 0. The van der Waals surface area contributed by atoms with E-state index in [2.05, 4.69) is 11.9 Å². The molecule has 2 aromatic rings. The van der Waals surface area contributed by atoms with Gasteiger partial charge in [0.15, 0.2) is 0 Å². The van der Waals surface area contributed by atoms with Gasteiger partial charge in [0, 0.05) is 12.0 Å². The number of aromatic nitrogens is 2. The van der Waals surface area contributed by atoms with Crippen molar-refractivity contribution in [2.45, 2.75) is 52.7 Å². The second kappa shape index (κ2) is 6.11. The minimum absolute atomic E-state index is 0.390. The van der Waals surface area contributed by atoms with Crippen molar-refractivity contribution in [2.24, 2.45) is 0 Å². The van der Waals surface area contributed by atoms with Crippen LogP contribution in [0.1, 0.15) is 40.3 Å². The molecule has 25 heavy (non-hydrogen) atoms. The number of hydrogen-bond acceptors (Lipinski definition) is 5. The van der Waals surface area contributed by atoms with Gasteiger partial charge in [0.25, 0.3) is 0 Å². The molecule has 1 saturated heterocycles. The molecule has 0 unspecified atom stereocenters. The van der Waals surface area contributed by atoms with E-state index in [1.54, 1.807) is 0 Å². The average Bonchev–Trinajstić information content (AvgIpc) is 2.72. The zero-order valence-electron chi connectivity index (χ0n) is 15.9. The van der Waals surface area contributed by atoms with Gasteiger partial charge in [0.05, 0.1) is 27.9 Å². The van der Waals surface area contributed by atoms with E-state index in [1.165, 1.54) is 0 Å². The number of nitrogens with zero attached hydrogens (tertiary/aromatic N) is 2. The van der Waals surface area contributed by atoms with Crippen LogP contribution in [-0.4, -0.2) is 34.8 Å². The van der Waals surface area contributed by atoms with Crippen LogP contribution < -0.4 is 10.8 Å². The van der Waals surface area contributed by atoms with Gasteiger partial charge in [-0.05, 0) is 47.6 Å². The fourth-order valence-electron chi connectivity index (χ4n) is 2.75. The number of hydrogen-bond donors (Lipinski definition) is 1. The van der Waals surface area contributed by atoms with Crippen molar-refractivity contribution in [3.63, 3.8) is 0 Å². The molecule has 132 valence electrons. The maximum absolute atomic E-state index is 6.20. The summed E-state index contributed by atoms with van der Waals surface area (Å²) in [5, 5.41) is 3.30.